The number of amides is 1. The van der Waals surface area contributed by atoms with Crippen LogP contribution in [0.2, 0.25) is 0 Å². The Morgan fingerprint density at radius 2 is 2.12 bits per heavy atom. The molecule has 138 valence electrons. The van der Waals surface area contributed by atoms with E-state index in [9.17, 15) is 19.1 Å². The number of carboxylic acids is 1. The number of aliphatic carboxylic acids is 1. The van der Waals surface area contributed by atoms with Crippen molar-refractivity contribution in [3.8, 4) is 5.69 Å². The van der Waals surface area contributed by atoms with Crippen LogP contribution in [0.3, 0.4) is 0 Å². The van der Waals surface area contributed by atoms with Crippen molar-refractivity contribution < 1.29 is 19.1 Å². The summed E-state index contributed by atoms with van der Waals surface area (Å²) in [6, 6.07) is 7.17. The number of para-hydroxylation sites is 1. The largest absolute Gasteiger partial charge is 0.480 e. The van der Waals surface area contributed by atoms with Crippen molar-refractivity contribution in [3.05, 3.63) is 41.8 Å². The lowest BCUT2D eigenvalue weighted by atomic mass is 10.2. The molecule has 1 aliphatic rings. The molecule has 0 radical (unpaired) electrons. The molecule has 1 aromatic heterocycles. The van der Waals surface area contributed by atoms with E-state index in [0.29, 0.717) is 11.5 Å². The van der Waals surface area contributed by atoms with Gasteiger partial charge in [0.25, 0.3) is 0 Å². The fraction of sp³-hybridized carbons (Fsp3) is 0.389. The van der Waals surface area contributed by atoms with Crippen molar-refractivity contribution >= 4 is 17.7 Å². The maximum absolute atomic E-state index is 14.1. The third kappa shape index (κ3) is 3.91. The lowest BCUT2D eigenvalue weighted by molar-refractivity contribution is -0.143. The van der Waals surface area contributed by atoms with Gasteiger partial charge >= 0.3 is 5.97 Å². The van der Waals surface area contributed by atoms with E-state index in [4.69, 9.17) is 0 Å². The minimum atomic E-state index is -0.961. The molecular formula is C18H21FN4O3. The summed E-state index contributed by atoms with van der Waals surface area (Å²) in [6.07, 6.45) is 1.77. The Labute approximate surface area is 150 Å². The third-order valence-electron chi connectivity index (χ3n) is 4.38. The van der Waals surface area contributed by atoms with Gasteiger partial charge in [-0.1, -0.05) is 12.1 Å². The van der Waals surface area contributed by atoms with Crippen LogP contribution in [0.25, 0.3) is 5.69 Å². The van der Waals surface area contributed by atoms with E-state index in [1.54, 1.807) is 43.0 Å². The zero-order valence-corrected chi connectivity index (χ0v) is 14.6. The highest BCUT2D eigenvalue weighted by Gasteiger charge is 2.36. The van der Waals surface area contributed by atoms with Crippen LogP contribution < -0.4 is 5.32 Å². The number of hydrogen-bond acceptors (Lipinski definition) is 4. The van der Waals surface area contributed by atoms with E-state index >= 15 is 0 Å². The molecule has 1 atom stereocenters. The minimum Gasteiger partial charge on any atom is -0.480 e. The van der Waals surface area contributed by atoms with Crippen LogP contribution in [-0.2, 0) is 9.59 Å². The number of anilines is 1. The molecule has 0 saturated heterocycles. The molecule has 8 heteroatoms. The summed E-state index contributed by atoms with van der Waals surface area (Å²) >= 11 is 0. The lowest BCUT2D eigenvalue weighted by Gasteiger charge is -2.25. The molecule has 0 spiro atoms. The third-order valence-corrected chi connectivity index (χ3v) is 4.38. The van der Waals surface area contributed by atoms with Crippen molar-refractivity contribution in [3.63, 3.8) is 0 Å². The zero-order chi connectivity index (χ0) is 18.8. The summed E-state index contributed by atoms with van der Waals surface area (Å²) in [7, 11) is 0. The number of benzene rings is 1. The van der Waals surface area contributed by atoms with E-state index in [-0.39, 0.29) is 24.2 Å². The van der Waals surface area contributed by atoms with Crippen LogP contribution in [0.15, 0.2) is 30.3 Å². The van der Waals surface area contributed by atoms with Gasteiger partial charge in [0.1, 0.15) is 23.4 Å². The van der Waals surface area contributed by atoms with Gasteiger partial charge in [0.05, 0.1) is 12.2 Å². The number of carbonyl (C=O) groups excluding carboxylic acids is 1. The summed E-state index contributed by atoms with van der Waals surface area (Å²) < 4.78 is 15.4. The standard InChI is InChI=1S/C18H21FN4O3/c1-11-9-16(23(21-11)15-6-4-3-5-14(15)19)20-17(24)10-22(13-7-8-13)12(2)18(25)26/h3-6,9,12-13H,7-8,10H2,1-2H3,(H,20,24)(H,25,26). The first-order valence-electron chi connectivity index (χ1n) is 8.47. The van der Waals surface area contributed by atoms with Crippen LogP contribution in [0.4, 0.5) is 10.2 Å². The molecule has 1 heterocycles. The van der Waals surface area contributed by atoms with Gasteiger partial charge in [-0.05, 0) is 38.8 Å². The quantitative estimate of drug-likeness (QED) is 0.790. The molecule has 1 aromatic carbocycles. The van der Waals surface area contributed by atoms with Gasteiger partial charge < -0.3 is 10.4 Å². The molecule has 1 amide bonds. The zero-order valence-electron chi connectivity index (χ0n) is 14.6. The Hall–Kier alpha value is -2.74. The molecule has 26 heavy (non-hydrogen) atoms. The number of carboxylic acid groups (broad SMARTS) is 1. The maximum atomic E-state index is 14.1. The summed E-state index contributed by atoms with van der Waals surface area (Å²) in [5, 5.41) is 16.2. The van der Waals surface area contributed by atoms with Gasteiger partial charge in [0, 0.05) is 12.1 Å². The van der Waals surface area contributed by atoms with Gasteiger partial charge in [0.2, 0.25) is 5.91 Å². The van der Waals surface area contributed by atoms with E-state index < -0.39 is 17.8 Å². The Bertz CT molecular complexity index is 832. The summed E-state index contributed by atoms with van der Waals surface area (Å²) in [5.74, 6) is -1.43. The number of carbonyl (C=O) groups is 2. The van der Waals surface area contributed by atoms with Crippen molar-refractivity contribution in [2.75, 3.05) is 11.9 Å². The minimum absolute atomic E-state index is 0.0420. The van der Waals surface area contributed by atoms with Crippen LogP contribution in [0, 0.1) is 12.7 Å². The highest BCUT2D eigenvalue weighted by Crippen LogP contribution is 2.28. The monoisotopic (exact) mass is 360 g/mol. The molecule has 2 N–H and O–H groups in total. The van der Waals surface area contributed by atoms with Gasteiger partial charge in [-0.2, -0.15) is 5.10 Å². The van der Waals surface area contributed by atoms with Crippen molar-refractivity contribution in [1.82, 2.24) is 14.7 Å². The smallest absolute Gasteiger partial charge is 0.320 e. The summed E-state index contributed by atoms with van der Waals surface area (Å²) in [6.45, 7) is 3.28. The average molecular weight is 360 g/mol. The first-order valence-corrected chi connectivity index (χ1v) is 8.47. The number of nitrogens with one attached hydrogen (secondary N) is 1. The molecular weight excluding hydrogens is 339 g/mol. The SMILES string of the molecule is Cc1cc(NC(=O)CN(C2CC2)C(C)C(=O)O)n(-c2ccccc2F)n1. The fourth-order valence-corrected chi connectivity index (χ4v) is 2.87. The Morgan fingerprint density at radius 1 is 1.42 bits per heavy atom. The molecule has 1 unspecified atom stereocenters. The Kier molecular flexibility index (Phi) is 5.03. The van der Waals surface area contributed by atoms with Crippen LogP contribution in [0.5, 0.6) is 0 Å². The number of halogens is 1. The molecule has 1 saturated carbocycles. The summed E-state index contributed by atoms with van der Waals surface area (Å²) in [4.78, 5) is 25.4. The van der Waals surface area contributed by atoms with Crippen LogP contribution in [-0.4, -0.2) is 50.3 Å². The van der Waals surface area contributed by atoms with Crippen molar-refractivity contribution in [1.29, 1.82) is 0 Å². The van der Waals surface area contributed by atoms with E-state index in [1.807, 2.05) is 0 Å². The second-order valence-electron chi connectivity index (χ2n) is 6.50. The van der Waals surface area contributed by atoms with Gasteiger partial charge in [0.15, 0.2) is 0 Å². The number of hydrogen-bond donors (Lipinski definition) is 2. The summed E-state index contributed by atoms with van der Waals surface area (Å²) in [5.41, 5.74) is 0.857. The first-order chi connectivity index (χ1) is 12.4. The number of nitrogens with zero attached hydrogens (tertiary/aromatic N) is 3. The van der Waals surface area contributed by atoms with Crippen LogP contribution >= 0.6 is 0 Å². The van der Waals surface area contributed by atoms with E-state index in [1.165, 1.54) is 10.7 Å². The van der Waals surface area contributed by atoms with Crippen molar-refractivity contribution in [2.24, 2.45) is 0 Å². The van der Waals surface area contributed by atoms with E-state index in [2.05, 4.69) is 10.4 Å². The topological polar surface area (TPSA) is 87.5 Å². The number of aromatic nitrogens is 2. The normalized spacial score (nSPS) is 15.1. The van der Waals surface area contributed by atoms with Gasteiger partial charge in [-0.15, -0.1) is 0 Å². The van der Waals surface area contributed by atoms with Gasteiger partial charge in [-0.25, -0.2) is 9.07 Å². The number of aryl methyl sites for hydroxylation is 1. The predicted molar refractivity (Wildman–Crippen MR) is 93.7 cm³/mol. The van der Waals surface area contributed by atoms with E-state index in [0.717, 1.165) is 12.8 Å². The predicted octanol–water partition coefficient (Wildman–Crippen LogP) is 2.20. The van der Waals surface area contributed by atoms with Gasteiger partial charge in [-0.3, -0.25) is 14.5 Å². The molecule has 2 aromatic rings. The second-order valence-corrected chi connectivity index (χ2v) is 6.50. The molecule has 3 rings (SSSR count). The maximum Gasteiger partial charge on any atom is 0.320 e. The molecule has 0 aliphatic heterocycles. The highest BCUT2D eigenvalue weighted by molar-refractivity contribution is 5.92. The highest BCUT2D eigenvalue weighted by atomic mass is 19.1. The Balaban J connectivity index is 1.78. The Morgan fingerprint density at radius 3 is 2.73 bits per heavy atom. The molecule has 7 nitrogen and oxygen atoms in total. The first kappa shape index (κ1) is 18.1. The molecule has 1 fully saturated rings. The lowest BCUT2D eigenvalue weighted by Crippen LogP contribution is -2.45. The molecule has 0 bridgehead atoms. The fourth-order valence-electron chi connectivity index (χ4n) is 2.87. The number of rotatable bonds is 7. The molecule has 1 aliphatic carbocycles. The van der Waals surface area contributed by atoms with Crippen molar-refractivity contribution in [2.45, 2.75) is 38.8 Å². The van der Waals surface area contributed by atoms with Crippen LogP contribution in [0.1, 0.15) is 25.5 Å². The average Bonchev–Trinajstić information content (AvgIpc) is 3.36. The second kappa shape index (κ2) is 7.25.